The van der Waals surface area contributed by atoms with E-state index in [1.807, 2.05) is 36.4 Å². The standard InChI is InChI=1S/C20H20BrNO2S/c1-23-19-11-16(12-22-13-17-8-5-9-25-17)10-18(21)20(19)24-14-15-6-3-2-4-7-15/h2-11,22H,12-14H2,1H3. The second-order valence-corrected chi connectivity index (χ2v) is 7.45. The Hall–Kier alpha value is -1.82. The van der Waals surface area contributed by atoms with Crippen molar-refractivity contribution in [1.29, 1.82) is 0 Å². The lowest BCUT2D eigenvalue weighted by atomic mass is 10.2. The van der Waals surface area contributed by atoms with Gasteiger partial charge in [0.1, 0.15) is 6.61 Å². The maximum atomic E-state index is 5.97. The van der Waals surface area contributed by atoms with E-state index in [1.54, 1.807) is 18.4 Å². The average Bonchev–Trinajstić information content (AvgIpc) is 3.15. The molecule has 3 rings (SSSR count). The maximum Gasteiger partial charge on any atom is 0.175 e. The maximum absolute atomic E-state index is 5.97. The van der Waals surface area contributed by atoms with E-state index in [9.17, 15) is 0 Å². The smallest absolute Gasteiger partial charge is 0.175 e. The van der Waals surface area contributed by atoms with Crippen molar-refractivity contribution in [3.05, 3.63) is 80.5 Å². The fourth-order valence-corrected chi connectivity index (χ4v) is 3.77. The summed E-state index contributed by atoms with van der Waals surface area (Å²) in [6.45, 7) is 2.14. The third kappa shape index (κ3) is 5.08. The predicted octanol–water partition coefficient (Wildman–Crippen LogP) is 5.39. The second-order valence-electron chi connectivity index (χ2n) is 5.57. The van der Waals surface area contributed by atoms with Gasteiger partial charge < -0.3 is 14.8 Å². The molecule has 5 heteroatoms. The third-order valence-corrected chi connectivity index (χ3v) is 5.19. The van der Waals surface area contributed by atoms with E-state index in [1.165, 1.54) is 4.88 Å². The first-order valence-corrected chi connectivity index (χ1v) is 9.70. The van der Waals surface area contributed by atoms with E-state index in [0.717, 1.165) is 40.2 Å². The lowest BCUT2D eigenvalue weighted by Crippen LogP contribution is -2.12. The molecule has 1 aromatic heterocycles. The minimum atomic E-state index is 0.506. The Balaban J connectivity index is 1.65. The molecule has 1 N–H and O–H groups in total. The summed E-state index contributed by atoms with van der Waals surface area (Å²) in [6.07, 6.45) is 0. The lowest BCUT2D eigenvalue weighted by molar-refractivity contribution is 0.282. The fourth-order valence-electron chi connectivity index (χ4n) is 2.49. The zero-order chi connectivity index (χ0) is 17.5. The Bertz CT molecular complexity index is 791. The van der Waals surface area contributed by atoms with Crippen molar-refractivity contribution in [3.63, 3.8) is 0 Å². The zero-order valence-corrected chi connectivity index (χ0v) is 16.4. The molecule has 0 aliphatic heterocycles. The largest absolute Gasteiger partial charge is 0.493 e. The Kier molecular flexibility index (Phi) is 6.50. The van der Waals surface area contributed by atoms with E-state index in [4.69, 9.17) is 9.47 Å². The summed E-state index contributed by atoms with van der Waals surface area (Å²) in [5, 5.41) is 5.55. The predicted molar refractivity (Wildman–Crippen MR) is 106 cm³/mol. The van der Waals surface area contributed by atoms with Gasteiger partial charge in [0, 0.05) is 18.0 Å². The molecule has 0 fully saturated rings. The van der Waals surface area contributed by atoms with E-state index < -0.39 is 0 Å². The first kappa shape index (κ1) is 18.0. The molecule has 2 aromatic carbocycles. The van der Waals surface area contributed by atoms with Crippen LogP contribution in [-0.2, 0) is 19.7 Å². The van der Waals surface area contributed by atoms with Gasteiger partial charge in [0.05, 0.1) is 11.6 Å². The van der Waals surface area contributed by atoms with Gasteiger partial charge in [0.15, 0.2) is 11.5 Å². The highest BCUT2D eigenvalue weighted by Crippen LogP contribution is 2.37. The molecular formula is C20H20BrNO2S. The van der Waals surface area contributed by atoms with Gasteiger partial charge in [-0.3, -0.25) is 0 Å². The van der Waals surface area contributed by atoms with Gasteiger partial charge in [-0.25, -0.2) is 0 Å². The molecule has 0 saturated carbocycles. The molecule has 0 unspecified atom stereocenters. The molecule has 0 saturated heterocycles. The number of thiophene rings is 1. The zero-order valence-electron chi connectivity index (χ0n) is 14.0. The van der Waals surface area contributed by atoms with Crippen molar-refractivity contribution < 1.29 is 9.47 Å². The van der Waals surface area contributed by atoms with Crippen molar-refractivity contribution in [3.8, 4) is 11.5 Å². The first-order valence-electron chi connectivity index (χ1n) is 8.02. The molecular weight excluding hydrogens is 398 g/mol. The molecule has 0 spiro atoms. The number of rotatable bonds is 8. The number of ether oxygens (including phenoxy) is 2. The van der Waals surface area contributed by atoms with Crippen LogP contribution in [0.4, 0.5) is 0 Å². The van der Waals surface area contributed by atoms with Crippen LogP contribution in [0.3, 0.4) is 0 Å². The number of benzene rings is 2. The van der Waals surface area contributed by atoms with Crippen molar-refractivity contribution in [2.75, 3.05) is 7.11 Å². The summed E-state index contributed by atoms with van der Waals surface area (Å²) in [7, 11) is 1.67. The third-order valence-electron chi connectivity index (χ3n) is 3.72. The summed E-state index contributed by atoms with van der Waals surface area (Å²) in [5.74, 6) is 1.46. The molecule has 3 nitrogen and oxygen atoms in total. The van der Waals surface area contributed by atoms with Crippen molar-refractivity contribution in [2.24, 2.45) is 0 Å². The summed E-state index contributed by atoms with van der Waals surface area (Å²) in [5.41, 5.74) is 2.27. The minimum absolute atomic E-state index is 0.506. The van der Waals surface area contributed by atoms with E-state index >= 15 is 0 Å². The SMILES string of the molecule is COc1cc(CNCc2cccs2)cc(Br)c1OCc1ccccc1. The first-order chi connectivity index (χ1) is 12.3. The molecule has 0 radical (unpaired) electrons. The monoisotopic (exact) mass is 417 g/mol. The lowest BCUT2D eigenvalue weighted by Gasteiger charge is -2.15. The van der Waals surface area contributed by atoms with Gasteiger partial charge in [0.2, 0.25) is 0 Å². The molecule has 1 heterocycles. The second kappa shape index (κ2) is 9.04. The number of hydrogen-bond donors (Lipinski definition) is 1. The topological polar surface area (TPSA) is 30.5 Å². The van der Waals surface area contributed by atoms with Crippen LogP contribution in [0.5, 0.6) is 11.5 Å². The molecule has 0 amide bonds. The van der Waals surface area contributed by atoms with Gasteiger partial charge in [-0.1, -0.05) is 36.4 Å². The van der Waals surface area contributed by atoms with Crippen LogP contribution in [0.15, 0.2) is 64.5 Å². The van der Waals surface area contributed by atoms with Gasteiger partial charge in [-0.05, 0) is 50.6 Å². The average molecular weight is 418 g/mol. The fraction of sp³-hybridized carbons (Fsp3) is 0.200. The van der Waals surface area contributed by atoms with Gasteiger partial charge in [0.25, 0.3) is 0 Å². The Morgan fingerprint density at radius 2 is 1.84 bits per heavy atom. The van der Waals surface area contributed by atoms with Gasteiger partial charge in [-0.15, -0.1) is 11.3 Å². The number of methoxy groups -OCH3 is 1. The molecule has 3 aromatic rings. The van der Waals surface area contributed by atoms with E-state index in [2.05, 4.69) is 44.8 Å². The van der Waals surface area contributed by atoms with Gasteiger partial charge >= 0.3 is 0 Å². The van der Waals surface area contributed by atoms with E-state index in [0.29, 0.717) is 6.61 Å². The van der Waals surface area contributed by atoms with Crippen LogP contribution in [0, 0.1) is 0 Å². The number of hydrogen-bond acceptors (Lipinski definition) is 4. The minimum Gasteiger partial charge on any atom is -0.493 e. The molecule has 25 heavy (non-hydrogen) atoms. The summed E-state index contributed by atoms with van der Waals surface area (Å²) in [4.78, 5) is 1.33. The Morgan fingerprint density at radius 3 is 2.56 bits per heavy atom. The van der Waals surface area contributed by atoms with E-state index in [-0.39, 0.29) is 0 Å². The molecule has 0 aliphatic carbocycles. The van der Waals surface area contributed by atoms with Crippen LogP contribution in [0.1, 0.15) is 16.0 Å². The molecule has 0 atom stereocenters. The van der Waals surface area contributed by atoms with Crippen molar-refractivity contribution in [1.82, 2.24) is 5.32 Å². The van der Waals surface area contributed by atoms with Crippen LogP contribution < -0.4 is 14.8 Å². The van der Waals surface area contributed by atoms with Crippen molar-refractivity contribution in [2.45, 2.75) is 19.7 Å². The summed E-state index contributed by atoms with van der Waals surface area (Å²) in [6, 6.07) is 18.4. The molecule has 130 valence electrons. The highest BCUT2D eigenvalue weighted by molar-refractivity contribution is 9.10. The molecule has 0 aliphatic rings. The van der Waals surface area contributed by atoms with Crippen LogP contribution in [0.25, 0.3) is 0 Å². The highest BCUT2D eigenvalue weighted by Gasteiger charge is 2.12. The number of halogens is 1. The van der Waals surface area contributed by atoms with Crippen LogP contribution >= 0.6 is 27.3 Å². The Labute approximate surface area is 160 Å². The number of nitrogens with one attached hydrogen (secondary N) is 1. The van der Waals surface area contributed by atoms with Gasteiger partial charge in [-0.2, -0.15) is 0 Å². The Morgan fingerprint density at radius 1 is 1.00 bits per heavy atom. The normalized spacial score (nSPS) is 10.6. The quantitative estimate of drug-likeness (QED) is 0.532. The highest BCUT2D eigenvalue weighted by atomic mass is 79.9. The van der Waals surface area contributed by atoms with Crippen LogP contribution in [-0.4, -0.2) is 7.11 Å². The summed E-state index contributed by atoms with van der Waals surface area (Å²) < 4.78 is 12.4. The summed E-state index contributed by atoms with van der Waals surface area (Å²) >= 11 is 5.37. The van der Waals surface area contributed by atoms with Crippen molar-refractivity contribution >= 4 is 27.3 Å². The van der Waals surface area contributed by atoms with Crippen LogP contribution in [0.2, 0.25) is 0 Å². The molecule has 0 bridgehead atoms.